The monoisotopic (exact) mass is 255 g/mol. The van der Waals surface area contributed by atoms with Gasteiger partial charge in [-0.05, 0) is 51.3 Å². The molecule has 96 valence electrons. The second-order valence-corrected chi connectivity index (χ2v) is 5.78. The van der Waals surface area contributed by atoms with Gasteiger partial charge in [-0.25, -0.2) is 0 Å². The summed E-state index contributed by atoms with van der Waals surface area (Å²) in [7, 11) is 0. The summed E-state index contributed by atoms with van der Waals surface area (Å²) in [4.78, 5) is 0. The molecule has 3 heteroatoms. The van der Waals surface area contributed by atoms with Crippen molar-refractivity contribution in [1.29, 1.82) is 0 Å². The van der Waals surface area contributed by atoms with Crippen LogP contribution in [0.2, 0.25) is 5.02 Å². The van der Waals surface area contributed by atoms with Gasteiger partial charge in [-0.1, -0.05) is 23.7 Å². The number of benzene rings is 1. The Morgan fingerprint density at radius 3 is 2.65 bits per heavy atom. The van der Waals surface area contributed by atoms with Gasteiger partial charge in [0, 0.05) is 17.7 Å². The van der Waals surface area contributed by atoms with Crippen molar-refractivity contribution < 1.29 is 4.74 Å². The minimum Gasteiger partial charge on any atom is -0.376 e. The Hall–Kier alpha value is -0.570. The molecule has 0 aromatic heterocycles. The minimum absolute atomic E-state index is 0.0875. The van der Waals surface area contributed by atoms with Gasteiger partial charge in [0.25, 0.3) is 0 Å². The highest BCUT2D eigenvalue weighted by Crippen LogP contribution is 2.13. The van der Waals surface area contributed by atoms with E-state index in [0.29, 0.717) is 6.61 Å². The van der Waals surface area contributed by atoms with E-state index in [1.54, 1.807) is 0 Å². The Morgan fingerprint density at radius 2 is 2.06 bits per heavy atom. The van der Waals surface area contributed by atoms with Crippen molar-refractivity contribution in [3.8, 4) is 0 Å². The van der Waals surface area contributed by atoms with Crippen molar-refractivity contribution in [1.82, 2.24) is 0 Å². The van der Waals surface area contributed by atoms with Crippen LogP contribution in [-0.4, -0.2) is 18.2 Å². The first-order valence-corrected chi connectivity index (χ1v) is 6.38. The van der Waals surface area contributed by atoms with Crippen molar-refractivity contribution in [2.24, 2.45) is 5.73 Å². The van der Waals surface area contributed by atoms with E-state index in [0.717, 1.165) is 17.9 Å². The van der Waals surface area contributed by atoms with E-state index >= 15 is 0 Å². The smallest absolute Gasteiger partial charge is 0.0598 e. The maximum absolute atomic E-state index is 6.06. The number of ether oxygens (including phenoxy) is 1. The predicted octanol–water partition coefficient (Wildman–Crippen LogP) is 3.42. The van der Waals surface area contributed by atoms with Crippen molar-refractivity contribution in [2.45, 2.75) is 45.3 Å². The van der Waals surface area contributed by atoms with Crippen LogP contribution in [0.25, 0.3) is 0 Å². The Labute approximate surface area is 109 Å². The molecule has 0 amide bonds. The summed E-state index contributed by atoms with van der Waals surface area (Å²) < 4.78 is 5.66. The SMILES string of the molecule is CC(C)(C)OCCC(N)Cc1cccc(Cl)c1. The molecule has 1 aromatic rings. The van der Waals surface area contributed by atoms with Crippen LogP contribution in [-0.2, 0) is 11.2 Å². The summed E-state index contributed by atoms with van der Waals surface area (Å²) in [5.41, 5.74) is 7.16. The lowest BCUT2D eigenvalue weighted by atomic mass is 10.0. The third-order valence-electron chi connectivity index (χ3n) is 2.41. The number of nitrogens with two attached hydrogens (primary N) is 1. The molecule has 0 bridgehead atoms. The Kier molecular flexibility index (Phi) is 5.44. The third kappa shape index (κ3) is 6.67. The maximum Gasteiger partial charge on any atom is 0.0598 e. The van der Waals surface area contributed by atoms with Crippen LogP contribution >= 0.6 is 11.6 Å². The first-order chi connectivity index (χ1) is 7.87. The van der Waals surface area contributed by atoms with Gasteiger partial charge in [0.2, 0.25) is 0 Å². The highest BCUT2D eigenvalue weighted by atomic mass is 35.5. The van der Waals surface area contributed by atoms with Gasteiger partial charge in [0.15, 0.2) is 0 Å². The molecule has 1 aromatic carbocycles. The molecule has 0 saturated carbocycles. The average Bonchev–Trinajstić information content (AvgIpc) is 2.15. The first kappa shape index (κ1) is 14.5. The lowest BCUT2D eigenvalue weighted by Gasteiger charge is -2.21. The molecule has 0 saturated heterocycles. The minimum atomic E-state index is -0.0875. The van der Waals surface area contributed by atoms with E-state index in [1.165, 1.54) is 5.56 Å². The van der Waals surface area contributed by atoms with Crippen LogP contribution < -0.4 is 5.73 Å². The van der Waals surface area contributed by atoms with Gasteiger partial charge in [-0.3, -0.25) is 0 Å². The summed E-state index contributed by atoms with van der Waals surface area (Å²) in [6.07, 6.45) is 1.71. The summed E-state index contributed by atoms with van der Waals surface area (Å²) >= 11 is 5.93. The lowest BCUT2D eigenvalue weighted by Crippen LogP contribution is -2.27. The number of hydrogen-bond donors (Lipinski definition) is 1. The topological polar surface area (TPSA) is 35.2 Å². The molecule has 0 aliphatic rings. The largest absolute Gasteiger partial charge is 0.376 e. The number of hydrogen-bond acceptors (Lipinski definition) is 2. The van der Waals surface area contributed by atoms with E-state index in [9.17, 15) is 0 Å². The second kappa shape index (κ2) is 6.39. The van der Waals surface area contributed by atoms with Crippen molar-refractivity contribution >= 4 is 11.6 Å². The molecule has 0 spiro atoms. The molecule has 0 aliphatic heterocycles. The Bertz CT molecular complexity index is 346. The van der Waals surface area contributed by atoms with Crippen LogP contribution in [0.5, 0.6) is 0 Å². The zero-order chi connectivity index (χ0) is 12.9. The van der Waals surface area contributed by atoms with Crippen molar-refractivity contribution in [3.05, 3.63) is 34.9 Å². The summed E-state index contributed by atoms with van der Waals surface area (Å²) in [6.45, 7) is 6.85. The fraction of sp³-hybridized carbons (Fsp3) is 0.571. The van der Waals surface area contributed by atoms with Crippen molar-refractivity contribution in [3.63, 3.8) is 0 Å². The molecule has 1 atom stereocenters. The lowest BCUT2D eigenvalue weighted by molar-refractivity contribution is -0.00595. The van der Waals surface area contributed by atoms with Crippen molar-refractivity contribution in [2.75, 3.05) is 6.61 Å². The Balaban J connectivity index is 2.32. The van der Waals surface area contributed by atoms with Gasteiger partial charge in [0.05, 0.1) is 5.60 Å². The molecule has 2 N–H and O–H groups in total. The second-order valence-electron chi connectivity index (χ2n) is 5.34. The van der Waals surface area contributed by atoms with E-state index in [1.807, 2.05) is 18.2 Å². The van der Waals surface area contributed by atoms with Crippen LogP contribution in [0, 0.1) is 0 Å². The predicted molar refractivity (Wildman–Crippen MR) is 73.5 cm³/mol. The molecular weight excluding hydrogens is 234 g/mol. The third-order valence-corrected chi connectivity index (χ3v) is 2.65. The van der Waals surface area contributed by atoms with Crippen LogP contribution in [0.4, 0.5) is 0 Å². The van der Waals surface area contributed by atoms with E-state index < -0.39 is 0 Å². The first-order valence-electron chi connectivity index (χ1n) is 6.01. The maximum atomic E-state index is 6.06. The molecule has 17 heavy (non-hydrogen) atoms. The zero-order valence-electron chi connectivity index (χ0n) is 10.9. The normalized spacial score (nSPS) is 13.7. The summed E-state index contributed by atoms with van der Waals surface area (Å²) in [5, 5.41) is 0.764. The van der Waals surface area contributed by atoms with E-state index in [4.69, 9.17) is 22.1 Å². The fourth-order valence-electron chi connectivity index (χ4n) is 1.59. The molecule has 2 nitrogen and oxygen atoms in total. The number of halogens is 1. The number of rotatable bonds is 5. The van der Waals surface area contributed by atoms with E-state index in [-0.39, 0.29) is 11.6 Å². The standard InChI is InChI=1S/C14H22ClNO/c1-14(2,3)17-8-7-13(16)10-11-5-4-6-12(15)9-11/h4-6,9,13H,7-8,10,16H2,1-3H3. The van der Waals surface area contributed by atoms with Gasteiger partial charge in [-0.2, -0.15) is 0 Å². The molecule has 0 heterocycles. The average molecular weight is 256 g/mol. The van der Waals surface area contributed by atoms with E-state index in [2.05, 4.69) is 26.8 Å². The zero-order valence-corrected chi connectivity index (χ0v) is 11.6. The van der Waals surface area contributed by atoms with Crippen LogP contribution in [0.15, 0.2) is 24.3 Å². The van der Waals surface area contributed by atoms with Crippen LogP contribution in [0.1, 0.15) is 32.8 Å². The quantitative estimate of drug-likeness (QED) is 0.875. The van der Waals surface area contributed by atoms with Gasteiger partial charge in [-0.15, -0.1) is 0 Å². The molecule has 0 fully saturated rings. The van der Waals surface area contributed by atoms with Gasteiger partial charge in [0.1, 0.15) is 0 Å². The molecule has 0 radical (unpaired) electrons. The fourth-order valence-corrected chi connectivity index (χ4v) is 1.80. The highest BCUT2D eigenvalue weighted by molar-refractivity contribution is 6.30. The highest BCUT2D eigenvalue weighted by Gasteiger charge is 2.11. The van der Waals surface area contributed by atoms with Gasteiger partial charge < -0.3 is 10.5 Å². The van der Waals surface area contributed by atoms with Gasteiger partial charge >= 0.3 is 0 Å². The van der Waals surface area contributed by atoms with Crippen LogP contribution in [0.3, 0.4) is 0 Å². The summed E-state index contributed by atoms with van der Waals surface area (Å²) in [6, 6.07) is 7.97. The Morgan fingerprint density at radius 1 is 1.35 bits per heavy atom. The molecule has 1 rings (SSSR count). The molecule has 1 unspecified atom stereocenters. The summed E-state index contributed by atoms with van der Waals surface area (Å²) in [5.74, 6) is 0. The molecular formula is C14H22ClNO. The molecule has 0 aliphatic carbocycles.